The molecule has 0 saturated heterocycles. The maximum atomic E-state index is 14.7. The molecule has 1 atom stereocenters. The smallest absolute Gasteiger partial charge is 0.150 e. The third kappa shape index (κ3) is 2.23. The molecule has 1 nitrogen and oxygen atoms in total. The first-order valence-electron chi connectivity index (χ1n) is 6.57. The second-order valence-corrected chi connectivity index (χ2v) is 5.47. The van der Waals surface area contributed by atoms with E-state index in [-0.39, 0.29) is 12.5 Å². The van der Waals surface area contributed by atoms with E-state index in [0.29, 0.717) is 5.92 Å². The third-order valence-corrected chi connectivity index (χ3v) is 4.18. The van der Waals surface area contributed by atoms with Crippen molar-refractivity contribution in [3.8, 4) is 0 Å². The Morgan fingerprint density at radius 2 is 1.88 bits per heavy atom. The SMILES string of the molecule is CC(C)C(F)(CN)c1ccc(C2CCC2)cc1. The molecule has 0 aliphatic heterocycles. The van der Waals surface area contributed by atoms with Gasteiger partial charge >= 0.3 is 0 Å². The van der Waals surface area contributed by atoms with Crippen LogP contribution >= 0.6 is 0 Å². The predicted molar refractivity (Wildman–Crippen MR) is 69.7 cm³/mol. The van der Waals surface area contributed by atoms with Gasteiger partial charge in [0.2, 0.25) is 0 Å². The zero-order chi connectivity index (χ0) is 12.5. The van der Waals surface area contributed by atoms with E-state index >= 15 is 0 Å². The summed E-state index contributed by atoms with van der Waals surface area (Å²) in [5.74, 6) is 0.608. The van der Waals surface area contributed by atoms with Crippen LogP contribution in [0.25, 0.3) is 0 Å². The van der Waals surface area contributed by atoms with Crippen molar-refractivity contribution in [3.05, 3.63) is 35.4 Å². The van der Waals surface area contributed by atoms with Gasteiger partial charge in [-0.15, -0.1) is 0 Å². The molecule has 0 radical (unpaired) electrons. The van der Waals surface area contributed by atoms with Crippen molar-refractivity contribution in [3.63, 3.8) is 0 Å². The Kier molecular flexibility index (Phi) is 3.53. The van der Waals surface area contributed by atoms with Crippen LogP contribution in [0.5, 0.6) is 0 Å². The lowest BCUT2D eigenvalue weighted by Crippen LogP contribution is -2.35. The van der Waals surface area contributed by atoms with Gasteiger partial charge in [0.05, 0.1) is 0 Å². The van der Waals surface area contributed by atoms with Crippen molar-refractivity contribution in [2.45, 2.75) is 44.7 Å². The van der Waals surface area contributed by atoms with Crippen LogP contribution in [-0.4, -0.2) is 6.54 Å². The normalized spacial score (nSPS) is 20.1. The van der Waals surface area contributed by atoms with Crippen molar-refractivity contribution in [2.24, 2.45) is 11.7 Å². The van der Waals surface area contributed by atoms with E-state index in [9.17, 15) is 4.39 Å². The number of rotatable bonds is 4. The van der Waals surface area contributed by atoms with Crippen LogP contribution in [0.4, 0.5) is 4.39 Å². The minimum absolute atomic E-state index is 0.0490. The first-order chi connectivity index (χ1) is 8.08. The molecule has 0 bridgehead atoms. The van der Waals surface area contributed by atoms with Gasteiger partial charge in [-0.25, -0.2) is 4.39 Å². The van der Waals surface area contributed by atoms with Gasteiger partial charge < -0.3 is 5.73 Å². The van der Waals surface area contributed by atoms with E-state index < -0.39 is 5.67 Å². The zero-order valence-electron chi connectivity index (χ0n) is 10.7. The fraction of sp³-hybridized carbons (Fsp3) is 0.600. The molecular formula is C15H22FN. The average molecular weight is 235 g/mol. The number of halogens is 1. The Morgan fingerprint density at radius 1 is 1.29 bits per heavy atom. The average Bonchev–Trinajstić information content (AvgIpc) is 2.26. The summed E-state index contributed by atoms with van der Waals surface area (Å²) in [7, 11) is 0. The summed E-state index contributed by atoms with van der Waals surface area (Å²) in [5, 5.41) is 0. The summed E-state index contributed by atoms with van der Waals surface area (Å²) in [4.78, 5) is 0. The van der Waals surface area contributed by atoms with Crippen molar-refractivity contribution in [1.29, 1.82) is 0 Å². The Hall–Kier alpha value is -0.890. The van der Waals surface area contributed by atoms with Crippen LogP contribution in [0.3, 0.4) is 0 Å². The number of hydrogen-bond donors (Lipinski definition) is 1. The van der Waals surface area contributed by atoms with Gasteiger partial charge in [0.1, 0.15) is 5.67 Å². The summed E-state index contributed by atoms with van der Waals surface area (Å²) >= 11 is 0. The quantitative estimate of drug-likeness (QED) is 0.845. The van der Waals surface area contributed by atoms with Crippen molar-refractivity contribution in [1.82, 2.24) is 0 Å². The molecule has 2 N–H and O–H groups in total. The van der Waals surface area contributed by atoms with E-state index in [1.165, 1.54) is 24.8 Å². The molecule has 0 aromatic heterocycles. The van der Waals surface area contributed by atoms with Gasteiger partial charge in [-0.2, -0.15) is 0 Å². The summed E-state index contributed by atoms with van der Waals surface area (Å²) in [5.41, 5.74) is 6.28. The van der Waals surface area contributed by atoms with Gasteiger partial charge in [0, 0.05) is 6.54 Å². The molecule has 0 amide bonds. The van der Waals surface area contributed by atoms with E-state index in [2.05, 4.69) is 12.1 Å². The van der Waals surface area contributed by atoms with Crippen LogP contribution in [0.2, 0.25) is 0 Å². The number of hydrogen-bond acceptors (Lipinski definition) is 1. The predicted octanol–water partition coefficient (Wildman–Crippen LogP) is 3.73. The van der Waals surface area contributed by atoms with E-state index in [0.717, 1.165) is 5.56 Å². The molecule has 1 saturated carbocycles. The molecule has 2 heteroatoms. The van der Waals surface area contributed by atoms with Crippen LogP contribution in [0.15, 0.2) is 24.3 Å². The van der Waals surface area contributed by atoms with Gasteiger partial charge in [-0.05, 0) is 35.8 Å². The van der Waals surface area contributed by atoms with Gasteiger partial charge in [-0.1, -0.05) is 44.5 Å². The Labute approximate surface area is 103 Å². The fourth-order valence-corrected chi connectivity index (χ4v) is 2.46. The number of alkyl halides is 1. The summed E-state index contributed by atoms with van der Waals surface area (Å²) in [6.07, 6.45) is 3.89. The van der Waals surface area contributed by atoms with E-state index in [1.54, 1.807) is 0 Å². The maximum absolute atomic E-state index is 14.7. The van der Waals surface area contributed by atoms with Crippen LogP contribution in [0.1, 0.15) is 50.2 Å². The number of benzene rings is 1. The molecule has 1 aliphatic rings. The van der Waals surface area contributed by atoms with E-state index in [1.807, 2.05) is 26.0 Å². The lowest BCUT2D eigenvalue weighted by molar-refractivity contribution is 0.109. The minimum atomic E-state index is -1.39. The topological polar surface area (TPSA) is 26.0 Å². The molecule has 17 heavy (non-hydrogen) atoms. The third-order valence-electron chi connectivity index (χ3n) is 4.18. The second-order valence-electron chi connectivity index (χ2n) is 5.47. The highest BCUT2D eigenvalue weighted by atomic mass is 19.1. The maximum Gasteiger partial charge on any atom is 0.150 e. The van der Waals surface area contributed by atoms with Crippen molar-refractivity contribution in [2.75, 3.05) is 6.54 Å². The first-order valence-corrected chi connectivity index (χ1v) is 6.57. The highest BCUT2D eigenvalue weighted by molar-refractivity contribution is 5.30. The molecule has 94 valence electrons. The molecule has 0 heterocycles. The molecule has 1 fully saturated rings. The second kappa shape index (κ2) is 4.77. The van der Waals surface area contributed by atoms with Crippen LogP contribution < -0.4 is 5.73 Å². The Morgan fingerprint density at radius 3 is 2.24 bits per heavy atom. The van der Waals surface area contributed by atoms with Crippen molar-refractivity contribution >= 4 is 0 Å². The van der Waals surface area contributed by atoms with Gasteiger partial charge in [0.25, 0.3) is 0 Å². The molecule has 1 aromatic carbocycles. The van der Waals surface area contributed by atoms with Crippen LogP contribution in [0, 0.1) is 5.92 Å². The van der Waals surface area contributed by atoms with Crippen molar-refractivity contribution < 1.29 is 4.39 Å². The van der Waals surface area contributed by atoms with Crippen LogP contribution in [-0.2, 0) is 5.67 Å². The standard InChI is InChI=1S/C15H22FN/c1-11(2)15(16,10-17)14-8-6-13(7-9-14)12-4-3-5-12/h6-9,11-12H,3-5,10,17H2,1-2H3. The lowest BCUT2D eigenvalue weighted by atomic mass is 9.78. The molecule has 1 unspecified atom stereocenters. The summed E-state index contributed by atoms with van der Waals surface area (Å²) < 4.78 is 14.7. The Bertz CT molecular complexity index is 367. The number of nitrogens with two attached hydrogens (primary N) is 1. The summed E-state index contributed by atoms with van der Waals surface area (Å²) in [6, 6.07) is 7.98. The molecule has 1 aromatic rings. The fourth-order valence-electron chi connectivity index (χ4n) is 2.46. The molecule has 0 spiro atoms. The molecule has 1 aliphatic carbocycles. The van der Waals surface area contributed by atoms with Gasteiger partial charge in [0.15, 0.2) is 0 Å². The largest absolute Gasteiger partial charge is 0.327 e. The zero-order valence-corrected chi connectivity index (χ0v) is 10.7. The molecular weight excluding hydrogens is 213 g/mol. The highest BCUT2D eigenvalue weighted by Gasteiger charge is 2.34. The lowest BCUT2D eigenvalue weighted by Gasteiger charge is -2.30. The first kappa shape index (κ1) is 12.6. The highest BCUT2D eigenvalue weighted by Crippen LogP contribution is 2.38. The summed E-state index contributed by atoms with van der Waals surface area (Å²) in [6.45, 7) is 3.81. The Balaban J connectivity index is 2.21. The minimum Gasteiger partial charge on any atom is -0.327 e. The molecule has 2 rings (SSSR count). The monoisotopic (exact) mass is 235 g/mol. The van der Waals surface area contributed by atoms with E-state index in [4.69, 9.17) is 5.73 Å². The van der Waals surface area contributed by atoms with Gasteiger partial charge in [-0.3, -0.25) is 0 Å².